The second-order valence-corrected chi connectivity index (χ2v) is 15.6. The van der Waals surface area contributed by atoms with E-state index in [1.807, 2.05) is 11.8 Å². The molecule has 0 nitrogen and oxygen atoms in total. The third-order valence-corrected chi connectivity index (χ3v) is 14.5. The van der Waals surface area contributed by atoms with Gasteiger partial charge in [0.15, 0.2) is 0 Å². The number of hydrogen-bond donors (Lipinski definition) is 0. The van der Waals surface area contributed by atoms with Crippen molar-refractivity contribution >= 4 is 84.4 Å². The van der Waals surface area contributed by atoms with Crippen molar-refractivity contribution in [3.8, 4) is 0 Å². The Labute approximate surface area is 171 Å². The average Bonchev–Trinajstić information content (AvgIpc) is 3.48. The molecule has 2 aromatic rings. The Bertz CT molecular complexity index is 577. The first-order valence-electron chi connectivity index (χ1n) is 7.72. The predicted octanol–water partition coefficient (Wildman–Crippen LogP) is 3.56. The van der Waals surface area contributed by atoms with Crippen LogP contribution in [-0.4, -0.2) is 63.9 Å². The molecule has 0 aromatic heterocycles. The van der Waals surface area contributed by atoms with Crippen LogP contribution in [-0.2, 0) is 0 Å². The SMILES string of the molecule is c1cc([Te]CC2CS2)ccc1Sc1ccc([Te]CC2CS2)cc1. The maximum atomic E-state index is 2.37. The van der Waals surface area contributed by atoms with Gasteiger partial charge in [-0.3, -0.25) is 0 Å². The van der Waals surface area contributed by atoms with Gasteiger partial charge < -0.3 is 0 Å². The van der Waals surface area contributed by atoms with Crippen LogP contribution in [0.25, 0.3) is 0 Å². The molecule has 2 atom stereocenters. The molecule has 0 amide bonds. The van der Waals surface area contributed by atoms with Crippen LogP contribution in [0.2, 0.25) is 8.94 Å². The van der Waals surface area contributed by atoms with Gasteiger partial charge in [0, 0.05) is 0 Å². The van der Waals surface area contributed by atoms with Gasteiger partial charge in [0.2, 0.25) is 0 Å². The van der Waals surface area contributed by atoms with E-state index in [9.17, 15) is 0 Å². The first-order chi connectivity index (χ1) is 11.3. The van der Waals surface area contributed by atoms with Gasteiger partial charge in [-0.1, -0.05) is 0 Å². The molecule has 2 aliphatic rings. The van der Waals surface area contributed by atoms with Crippen molar-refractivity contribution in [3.63, 3.8) is 0 Å². The molecule has 0 bridgehead atoms. The summed E-state index contributed by atoms with van der Waals surface area (Å²) in [7, 11) is 0. The quantitative estimate of drug-likeness (QED) is 0.344. The minimum absolute atomic E-state index is 0.0573. The second kappa shape index (κ2) is 8.64. The van der Waals surface area contributed by atoms with Crippen LogP contribution in [0, 0.1) is 0 Å². The van der Waals surface area contributed by atoms with Gasteiger partial charge >= 0.3 is 174 Å². The Balaban J connectivity index is 1.29. The van der Waals surface area contributed by atoms with E-state index in [1.54, 1.807) is 7.22 Å². The molecule has 2 unspecified atom stereocenters. The second-order valence-electron chi connectivity index (χ2n) is 5.58. The number of rotatable bonds is 8. The summed E-state index contributed by atoms with van der Waals surface area (Å²) in [6, 6.07) is 18.7. The van der Waals surface area contributed by atoms with E-state index in [0.29, 0.717) is 0 Å². The topological polar surface area (TPSA) is 0 Å². The van der Waals surface area contributed by atoms with Gasteiger partial charge in [-0.05, 0) is 0 Å². The van der Waals surface area contributed by atoms with Crippen LogP contribution in [0.1, 0.15) is 0 Å². The maximum absolute atomic E-state index is 2.37. The molecule has 0 spiro atoms. The molecular formula is C18H18S3Te2. The van der Waals surface area contributed by atoms with Gasteiger partial charge in [0.25, 0.3) is 0 Å². The van der Waals surface area contributed by atoms with Crippen molar-refractivity contribution in [3.05, 3.63) is 48.5 Å². The average molecular weight is 586 g/mol. The van der Waals surface area contributed by atoms with Crippen molar-refractivity contribution < 1.29 is 0 Å². The van der Waals surface area contributed by atoms with Crippen molar-refractivity contribution in [2.24, 2.45) is 0 Å². The molecule has 2 aliphatic heterocycles. The van der Waals surface area contributed by atoms with E-state index >= 15 is 0 Å². The third kappa shape index (κ3) is 6.07. The Morgan fingerprint density at radius 3 is 1.48 bits per heavy atom. The summed E-state index contributed by atoms with van der Waals surface area (Å²) >= 11 is 6.28. The van der Waals surface area contributed by atoms with Gasteiger partial charge in [0.1, 0.15) is 0 Å². The molecule has 2 heterocycles. The van der Waals surface area contributed by atoms with E-state index in [2.05, 4.69) is 72.1 Å². The Hall–Kier alpha value is 1.07. The molecule has 5 heteroatoms. The zero-order valence-corrected chi connectivity index (χ0v) is 19.8. The van der Waals surface area contributed by atoms with Crippen molar-refractivity contribution in [2.75, 3.05) is 11.5 Å². The monoisotopic (exact) mass is 590 g/mol. The summed E-state index contributed by atoms with van der Waals surface area (Å²) in [5.74, 6) is 2.83. The molecule has 120 valence electrons. The molecule has 0 aliphatic carbocycles. The summed E-state index contributed by atoms with van der Waals surface area (Å²) in [5.41, 5.74) is 0. The molecular weight excluding hydrogens is 568 g/mol. The fourth-order valence-corrected chi connectivity index (χ4v) is 11.8. The molecule has 0 radical (unpaired) electrons. The molecule has 4 rings (SSSR count). The molecule has 23 heavy (non-hydrogen) atoms. The number of hydrogen-bond acceptors (Lipinski definition) is 3. The van der Waals surface area contributed by atoms with Crippen molar-refractivity contribution in [1.29, 1.82) is 0 Å². The van der Waals surface area contributed by atoms with Gasteiger partial charge in [-0.15, -0.1) is 0 Å². The number of thioether (sulfide) groups is 2. The van der Waals surface area contributed by atoms with E-state index < -0.39 is 0 Å². The van der Waals surface area contributed by atoms with Gasteiger partial charge in [-0.25, -0.2) is 0 Å². The Morgan fingerprint density at radius 2 is 1.13 bits per heavy atom. The van der Waals surface area contributed by atoms with Gasteiger partial charge in [-0.2, -0.15) is 0 Å². The van der Waals surface area contributed by atoms with E-state index in [0.717, 1.165) is 10.5 Å². The fourth-order valence-electron chi connectivity index (χ4n) is 2.05. The van der Waals surface area contributed by atoms with E-state index in [-0.39, 0.29) is 41.8 Å². The van der Waals surface area contributed by atoms with Crippen LogP contribution in [0.15, 0.2) is 58.3 Å². The van der Waals surface area contributed by atoms with Crippen LogP contribution >= 0.6 is 35.3 Å². The van der Waals surface area contributed by atoms with Crippen LogP contribution in [0.3, 0.4) is 0 Å². The van der Waals surface area contributed by atoms with Crippen LogP contribution in [0.5, 0.6) is 0 Å². The fraction of sp³-hybridized carbons (Fsp3) is 0.333. The zero-order chi connectivity index (χ0) is 15.5. The summed E-state index contributed by atoms with van der Waals surface area (Å²) in [6.45, 7) is 0. The molecule has 2 aromatic carbocycles. The third-order valence-electron chi connectivity index (χ3n) is 3.56. The molecule has 2 fully saturated rings. The standard InChI is InChI=1S/C18H18S3Te2/c1-5-17(22-11-15-9-19-15)6-2-13(1)21-14-3-7-18(8-4-14)23-12-16-10-20-16/h1-8,15-16H,9-12H2. The molecule has 2 saturated heterocycles. The van der Waals surface area contributed by atoms with E-state index in [4.69, 9.17) is 0 Å². The summed E-state index contributed by atoms with van der Waals surface area (Å²) in [6.07, 6.45) is 0. The minimum atomic E-state index is 0.0573. The zero-order valence-electron chi connectivity index (χ0n) is 12.6. The van der Waals surface area contributed by atoms with E-state index in [1.165, 1.54) is 30.2 Å². The normalized spacial score (nSPS) is 22.1. The Morgan fingerprint density at radius 1 is 0.739 bits per heavy atom. The van der Waals surface area contributed by atoms with Crippen LogP contribution in [0.4, 0.5) is 0 Å². The van der Waals surface area contributed by atoms with Gasteiger partial charge in [0.05, 0.1) is 0 Å². The van der Waals surface area contributed by atoms with Crippen molar-refractivity contribution in [2.45, 2.75) is 29.2 Å². The first kappa shape index (κ1) is 17.5. The molecule has 0 saturated carbocycles. The number of benzene rings is 2. The Kier molecular flexibility index (Phi) is 6.56. The van der Waals surface area contributed by atoms with Crippen LogP contribution < -0.4 is 7.22 Å². The molecule has 0 N–H and O–H groups in total. The summed E-state index contributed by atoms with van der Waals surface area (Å²) in [5, 5.41) is 2.01. The predicted molar refractivity (Wildman–Crippen MR) is 110 cm³/mol. The first-order valence-corrected chi connectivity index (χ1v) is 16.3. The summed E-state index contributed by atoms with van der Waals surface area (Å²) < 4.78 is 6.19. The van der Waals surface area contributed by atoms with Crippen molar-refractivity contribution in [1.82, 2.24) is 0 Å². The summed E-state index contributed by atoms with van der Waals surface area (Å²) in [4.78, 5) is 2.75.